The van der Waals surface area contributed by atoms with E-state index < -0.39 is 0 Å². The minimum Gasteiger partial charge on any atom is -0.393 e. The third-order valence-electron chi connectivity index (χ3n) is 4.51. The summed E-state index contributed by atoms with van der Waals surface area (Å²) in [5.74, 6) is 1.09. The highest BCUT2D eigenvalue weighted by molar-refractivity contribution is 5.54. The van der Waals surface area contributed by atoms with Gasteiger partial charge in [0, 0.05) is 24.7 Å². The summed E-state index contributed by atoms with van der Waals surface area (Å²) in [6.07, 6.45) is 2.01. The SMILES string of the molecule is Cc1cc(N2CC3CCC(O)C3C2)ccc1C#N. The van der Waals surface area contributed by atoms with Crippen LogP contribution in [0.1, 0.15) is 24.0 Å². The van der Waals surface area contributed by atoms with E-state index in [9.17, 15) is 5.11 Å². The van der Waals surface area contributed by atoms with E-state index in [0.717, 1.165) is 37.1 Å². The van der Waals surface area contributed by atoms with Gasteiger partial charge in [0.25, 0.3) is 0 Å². The summed E-state index contributed by atoms with van der Waals surface area (Å²) in [5, 5.41) is 18.9. The first-order chi connectivity index (χ1) is 8.69. The van der Waals surface area contributed by atoms with E-state index in [1.54, 1.807) is 0 Å². The van der Waals surface area contributed by atoms with Crippen molar-refractivity contribution in [3.63, 3.8) is 0 Å². The van der Waals surface area contributed by atoms with Gasteiger partial charge in [-0.3, -0.25) is 0 Å². The molecule has 0 aromatic heterocycles. The van der Waals surface area contributed by atoms with Crippen LogP contribution in [0, 0.1) is 30.1 Å². The van der Waals surface area contributed by atoms with Crippen molar-refractivity contribution in [2.24, 2.45) is 11.8 Å². The van der Waals surface area contributed by atoms with E-state index >= 15 is 0 Å². The first-order valence-electron chi connectivity index (χ1n) is 6.63. The van der Waals surface area contributed by atoms with Crippen molar-refractivity contribution in [2.75, 3.05) is 18.0 Å². The average Bonchev–Trinajstić information content (AvgIpc) is 2.92. The fourth-order valence-electron chi connectivity index (χ4n) is 3.42. The number of nitriles is 1. The molecule has 1 aromatic rings. The molecule has 0 bridgehead atoms. The Morgan fingerprint density at radius 3 is 2.83 bits per heavy atom. The molecule has 3 heteroatoms. The molecule has 1 saturated heterocycles. The lowest BCUT2D eigenvalue weighted by atomic mass is 10.00. The molecule has 0 spiro atoms. The number of aryl methyl sites for hydroxylation is 1. The molecular weight excluding hydrogens is 224 g/mol. The maximum Gasteiger partial charge on any atom is 0.0994 e. The van der Waals surface area contributed by atoms with E-state index in [1.807, 2.05) is 19.1 Å². The molecule has 18 heavy (non-hydrogen) atoms. The number of hydrogen-bond donors (Lipinski definition) is 1. The summed E-state index contributed by atoms with van der Waals surface area (Å²) in [5.41, 5.74) is 2.97. The van der Waals surface area contributed by atoms with E-state index in [0.29, 0.717) is 11.8 Å². The molecule has 1 aliphatic heterocycles. The number of benzene rings is 1. The zero-order valence-corrected chi connectivity index (χ0v) is 10.6. The van der Waals surface area contributed by atoms with Crippen LogP contribution in [0.5, 0.6) is 0 Å². The molecule has 1 aliphatic carbocycles. The quantitative estimate of drug-likeness (QED) is 0.820. The van der Waals surface area contributed by atoms with Gasteiger partial charge in [-0.25, -0.2) is 0 Å². The Bertz CT molecular complexity index is 506. The third kappa shape index (κ3) is 1.77. The molecular formula is C15H18N2O. The van der Waals surface area contributed by atoms with Crippen LogP contribution in [-0.4, -0.2) is 24.3 Å². The largest absolute Gasteiger partial charge is 0.393 e. The molecule has 2 aliphatic rings. The highest BCUT2D eigenvalue weighted by Gasteiger charge is 2.41. The Kier molecular flexibility index (Phi) is 2.76. The van der Waals surface area contributed by atoms with Crippen LogP contribution in [0.25, 0.3) is 0 Å². The van der Waals surface area contributed by atoms with Gasteiger partial charge >= 0.3 is 0 Å². The second-order valence-electron chi connectivity index (χ2n) is 5.58. The fraction of sp³-hybridized carbons (Fsp3) is 0.533. The molecule has 3 atom stereocenters. The van der Waals surface area contributed by atoms with Crippen molar-refractivity contribution in [1.82, 2.24) is 0 Å². The maximum atomic E-state index is 9.93. The van der Waals surface area contributed by atoms with Crippen molar-refractivity contribution in [1.29, 1.82) is 5.26 Å². The van der Waals surface area contributed by atoms with Crippen LogP contribution in [0.2, 0.25) is 0 Å². The number of fused-ring (bicyclic) bond motifs is 1. The summed E-state index contributed by atoms with van der Waals surface area (Å²) in [6.45, 7) is 3.98. The Hall–Kier alpha value is -1.53. The Morgan fingerprint density at radius 2 is 2.17 bits per heavy atom. The number of aliphatic hydroxyl groups excluding tert-OH is 1. The molecule has 94 valence electrons. The predicted octanol–water partition coefficient (Wildman–Crippen LogP) is 2.07. The number of aliphatic hydroxyl groups is 1. The maximum absolute atomic E-state index is 9.93. The molecule has 0 amide bonds. The summed E-state index contributed by atoms with van der Waals surface area (Å²) < 4.78 is 0. The lowest BCUT2D eigenvalue weighted by Crippen LogP contribution is -2.24. The summed E-state index contributed by atoms with van der Waals surface area (Å²) in [4.78, 5) is 2.35. The molecule has 1 heterocycles. The van der Waals surface area contributed by atoms with Gasteiger partial charge in [-0.15, -0.1) is 0 Å². The smallest absolute Gasteiger partial charge is 0.0994 e. The van der Waals surface area contributed by atoms with Crippen LogP contribution in [0.15, 0.2) is 18.2 Å². The minimum absolute atomic E-state index is 0.112. The zero-order valence-electron chi connectivity index (χ0n) is 10.6. The van der Waals surface area contributed by atoms with Crippen molar-refractivity contribution >= 4 is 5.69 Å². The van der Waals surface area contributed by atoms with Crippen molar-refractivity contribution in [3.8, 4) is 6.07 Å². The van der Waals surface area contributed by atoms with E-state index in [2.05, 4.69) is 17.0 Å². The number of hydrogen-bond acceptors (Lipinski definition) is 3. The van der Waals surface area contributed by atoms with Crippen molar-refractivity contribution < 1.29 is 5.11 Å². The normalized spacial score (nSPS) is 30.3. The number of rotatable bonds is 1. The lowest BCUT2D eigenvalue weighted by Gasteiger charge is -2.21. The summed E-state index contributed by atoms with van der Waals surface area (Å²) in [6, 6.07) is 8.22. The van der Waals surface area contributed by atoms with Gasteiger partial charge in [0.05, 0.1) is 17.7 Å². The number of nitrogens with zero attached hydrogens (tertiary/aromatic N) is 2. The van der Waals surface area contributed by atoms with Gasteiger partial charge in [-0.2, -0.15) is 5.26 Å². The monoisotopic (exact) mass is 242 g/mol. The van der Waals surface area contributed by atoms with Crippen LogP contribution in [-0.2, 0) is 0 Å². The molecule has 3 rings (SSSR count). The topological polar surface area (TPSA) is 47.3 Å². The van der Waals surface area contributed by atoms with Crippen molar-refractivity contribution in [3.05, 3.63) is 29.3 Å². The molecule has 1 N–H and O–H groups in total. The Balaban J connectivity index is 1.81. The van der Waals surface area contributed by atoms with Gasteiger partial charge in [-0.05, 0) is 49.4 Å². The van der Waals surface area contributed by atoms with Crippen LogP contribution >= 0.6 is 0 Å². The van der Waals surface area contributed by atoms with E-state index in [1.165, 1.54) is 5.69 Å². The van der Waals surface area contributed by atoms with Gasteiger partial charge in [-0.1, -0.05) is 0 Å². The van der Waals surface area contributed by atoms with E-state index in [4.69, 9.17) is 5.26 Å². The Morgan fingerprint density at radius 1 is 1.33 bits per heavy atom. The highest BCUT2D eigenvalue weighted by Crippen LogP contribution is 2.40. The van der Waals surface area contributed by atoms with Gasteiger partial charge in [0.15, 0.2) is 0 Å². The van der Waals surface area contributed by atoms with Crippen LogP contribution in [0.4, 0.5) is 5.69 Å². The van der Waals surface area contributed by atoms with Gasteiger partial charge in [0.2, 0.25) is 0 Å². The van der Waals surface area contributed by atoms with Crippen LogP contribution < -0.4 is 4.90 Å². The predicted molar refractivity (Wildman–Crippen MR) is 70.3 cm³/mol. The van der Waals surface area contributed by atoms with Gasteiger partial charge in [0.1, 0.15) is 0 Å². The standard InChI is InChI=1S/C15H18N2O/c1-10-6-13(4-2-11(10)7-16)17-8-12-3-5-15(18)14(12)9-17/h2,4,6,12,14-15,18H,3,5,8-9H2,1H3. The van der Waals surface area contributed by atoms with Crippen LogP contribution in [0.3, 0.4) is 0 Å². The minimum atomic E-state index is -0.112. The molecule has 0 radical (unpaired) electrons. The second kappa shape index (κ2) is 4.29. The Labute approximate surface area is 108 Å². The number of anilines is 1. The zero-order chi connectivity index (χ0) is 12.7. The van der Waals surface area contributed by atoms with Crippen molar-refractivity contribution in [2.45, 2.75) is 25.9 Å². The first-order valence-corrected chi connectivity index (χ1v) is 6.63. The second-order valence-corrected chi connectivity index (χ2v) is 5.58. The molecule has 1 saturated carbocycles. The summed E-state index contributed by atoms with van der Waals surface area (Å²) >= 11 is 0. The summed E-state index contributed by atoms with van der Waals surface area (Å²) in [7, 11) is 0. The molecule has 3 nitrogen and oxygen atoms in total. The van der Waals surface area contributed by atoms with E-state index in [-0.39, 0.29) is 6.10 Å². The van der Waals surface area contributed by atoms with Gasteiger partial charge < -0.3 is 10.0 Å². The fourth-order valence-corrected chi connectivity index (χ4v) is 3.42. The molecule has 3 unspecified atom stereocenters. The molecule has 2 fully saturated rings. The first kappa shape index (κ1) is 11.6. The molecule has 1 aromatic carbocycles. The lowest BCUT2D eigenvalue weighted by molar-refractivity contribution is 0.133. The average molecular weight is 242 g/mol. The third-order valence-corrected chi connectivity index (χ3v) is 4.51. The highest BCUT2D eigenvalue weighted by atomic mass is 16.3.